The number of fused-ring (bicyclic) bond motifs is 3. The van der Waals surface area contributed by atoms with Gasteiger partial charge >= 0.3 is 5.97 Å². The number of ether oxygens (including phenoxy) is 6. The molecule has 3 heterocycles. The molecule has 3 aliphatic heterocycles. The monoisotopic (exact) mass is 538 g/mol. The fourth-order valence-electron chi connectivity index (χ4n) is 5.42. The predicted molar refractivity (Wildman–Crippen MR) is 124 cm³/mol. The molecule has 2 saturated heterocycles. The number of aliphatic hydroxyl groups excluding tert-OH is 5. The van der Waals surface area contributed by atoms with Gasteiger partial charge in [0, 0.05) is 12.0 Å². The van der Waals surface area contributed by atoms with Crippen LogP contribution >= 0.6 is 0 Å². The van der Waals surface area contributed by atoms with Gasteiger partial charge < -0.3 is 59.1 Å². The maximum Gasteiger partial charge on any atom is 0.331 e. The summed E-state index contributed by atoms with van der Waals surface area (Å²) in [6.45, 7) is -1.06. The summed E-state index contributed by atoms with van der Waals surface area (Å²) >= 11 is 0. The zero-order valence-corrected chi connectivity index (χ0v) is 20.3. The summed E-state index contributed by atoms with van der Waals surface area (Å²) in [5.74, 6) is -1.64. The Morgan fingerprint density at radius 1 is 1.13 bits per heavy atom. The van der Waals surface area contributed by atoms with E-state index in [1.807, 2.05) is 0 Å². The molecule has 0 amide bonds. The Hall–Kier alpha value is -2.75. The van der Waals surface area contributed by atoms with Gasteiger partial charge in [0.25, 0.3) is 0 Å². The van der Waals surface area contributed by atoms with Gasteiger partial charge in [-0.3, -0.25) is 0 Å². The van der Waals surface area contributed by atoms with E-state index in [1.165, 1.54) is 31.6 Å². The number of phenolic OH excluding ortho intramolecular Hbond substituents is 1. The van der Waals surface area contributed by atoms with Crippen molar-refractivity contribution in [1.82, 2.24) is 0 Å². The highest BCUT2D eigenvalue weighted by molar-refractivity contribution is 5.87. The van der Waals surface area contributed by atoms with Gasteiger partial charge in [0.15, 0.2) is 17.8 Å². The van der Waals surface area contributed by atoms with Gasteiger partial charge in [-0.15, -0.1) is 0 Å². The van der Waals surface area contributed by atoms with E-state index < -0.39 is 85.8 Å². The number of esters is 1. The molecular weight excluding hydrogens is 508 g/mol. The van der Waals surface area contributed by atoms with E-state index in [0.717, 1.165) is 0 Å². The second-order valence-electron chi connectivity index (χ2n) is 9.59. The molecule has 0 unspecified atom stereocenters. The van der Waals surface area contributed by atoms with Gasteiger partial charge in [-0.2, -0.15) is 0 Å². The number of carbonyl (C=O) groups excluding carboxylic acids is 1. The highest BCUT2D eigenvalue weighted by atomic mass is 16.8. The first-order valence-electron chi connectivity index (χ1n) is 12.1. The largest absolute Gasteiger partial charge is 0.504 e. The lowest BCUT2D eigenvalue weighted by Gasteiger charge is -2.43. The minimum absolute atomic E-state index is 0.0396. The maximum atomic E-state index is 12.7. The summed E-state index contributed by atoms with van der Waals surface area (Å²) in [7, 11) is 1.41. The van der Waals surface area contributed by atoms with Crippen molar-refractivity contribution in [3.63, 3.8) is 0 Å². The molecule has 0 radical (unpaired) electrons. The van der Waals surface area contributed by atoms with Crippen LogP contribution in [0.5, 0.6) is 11.5 Å². The van der Waals surface area contributed by atoms with Crippen molar-refractivity contribution >= 4 is 12.0 Å². The van der Waals surface area contributed by atoms with Crippen LogP contribution in [0.25, 0.3) is 6.08 Å². The van der Waals surface area contributed by atoms with Crippen molar-refractivity contribution in [1.29, 1.82) is 0 Å². The van der Waals surface area contributed by atoms with Crippen molar-refractivity contribution in [3.8, 4) is 11.5 Å². The molecule has 5 rings (SSSR count). The van der Waals surface area contributed by atoms with Gasteiger partial charge in [-0.05, 0) is 29.8 Å². The molecule has 4 aliphatic rings. The number of hydrogen-bond donors (Lipinski definition) is 6. The van der Waals surface area contributed by atoms with Crippen LogP contribution in [0.4, 0.5) is 0 Å². The summed E-state index contributed by atoms with van der Waals surface area (Å²) < 4.78 is 33.4. The molecular formula is C25H30O13. The predicted octanol–water partition coefficient (Wildman–Crippen LogP) is -1.61. The fraction of sp³-hybridized carbons (Fsp3) is 0.560. The number of carbonyl (C=O) groups is 1. The number of phenols is 1. The van der Waals surface area contributed by atoms with Crippen LogP contribution in [0.1, 0.15) is 5.56 Å². The minimum Gasteiger partial charge on any atom is -0.504 e. The molecule has 0 aromatic heterocycles. The Morgan fingerprint density at radius 3 is 2.63 bits per heavy atom. The zero-order valence-electron chi connectivity index (χ0n) is 20.3. The number of benzene rings is 1. The Balaban J connectivity index is 1.29. The van der Waals surface area contributed by atoms with Crippen molar-refractivity contribution in [3.05, 3.63) is 42.2 Å². The highest BCUT2D eigenvalue weighted by Crippen LogP contribution is 2.60. The number of aromatic hydroxyl groups is 1. The molecule has 0 bridgehead atoms. The number of aliphatic hydroxyl groups is 5. The van der Waals surface area contributed by atoms with Crippen LogP contribution in [0.3, 0.4) is 0 Å². The molecule has 1 aromatic carbocycles. The molecule has 0 spiro atoms. The SMILES string of the molecule is COc1cc(/C=C/C(=O)O[C@@H]2[C@@H]3C=CO[C@@H](O[C@@H]4O[C@@H](CO)[C@H](O)[C@@H](O)[C@@H]4O)[C@@H]3[C@@]3(CO)O[C@@H]23)ccc1O. The van der Waals surface area contributed by atoms with E-state index in [2.05, 4.69) is 0 Å². The van der Waals surface area contributed by atoms with Crippen LogP contribution in [-0.2, 0) is 28.5 Å². The Morgan fingerprint density at radius 2 is 1.92 bits per heavy atom. The third-order valence-corrected chi connectivity index (χ3v) is 7.47. The quantitative estimate of drug-likeness (QED) is 0.126. The van der Waals surface area contributed by atoms with Crippen molar-refractivity contribution in [2.45, 2.75) is 54.8 Å². The average molecular weight is 539 g/mol. The van der Waals surface area contributed by atoms with E-state index >= 15 is 0 Å². The first-order valence-corrected chi connectivity index (χ1v) is 12.1. The first-order chi connectivity index (χ1) is 18.2. The van der Waals surface area contributed by atoms with Crippen molar-refractivity contribution in [2.24, 2.45) is 11.8 Å². The lowest BCUT2D eigenvalue weighted by Crippen LogP contribution is -2.60. The topological polar surface area (TPSA) is 197 Å². The average Bonchev–Trinajstić information content (AvgIpc) is 3.60. The van der Waals surface area contributed by atoms with Crippen LogP contribution in [0.15, 0.2) is 36.6 Å². The Bertz CT molecular complexity index is 1090. The number of rotatable bonds is 8. The van der Waals surface area contributed by atoms with Gasteiger partial charge in [-0.25, -0.2) is 4.79 Å². The third-order valence-electron chi connectivity index (χ3n) is 7.47. The zero-order chi connectivity index (χ0) is 27.2. The van der Waals surface area contributed by atoms with Gasteiger partial charge in [0.05, 0.1) is 32.5 Å². The molecule has 208 valence electrons. The van der Waals surface area contributed by atoms with Crippen LogP contribution < -0.4 is 4.74 Å². The van der Waals surface area contributed by atoms with E-state index in [1.54, 1.807) is 18.2 Å². The Kier molecular flexibility index (Phi) is 7.37. The molecule has 1 aromatic rings. The van der Waals surface area contributed by atoms with Crippen molar-refractivity contribution < 1.29 is 63.9 Å². The number of methoxy groups -OCH3 is 1. The van der Waals surface area contributed by atoms with Crippen LogP contribution in [0.2, 0.25) is 0 Å². The van der Waals surface area contributed by atoms with E-state index in [9.17, 15) is 35.4 Å². The highest BCUT2D eigenvalue weighted by Gasteiger charge is 2.77. The first kappa shape index (κ1) is 26.8. The van der Waals surface area contributed by atoms with Crippen LogP contribution in [0, 0.1) is 11.8 Å². The molecule has 6 N–H and O–H groups in total. The minimum atomic E-state index is -1.65. The van der Waals surface area contributed by atoms with Gasteiger partial charge in [0.2, 0.25) is 6.29 Å². The third kappa shape index (κ3) is 4.54. The van der Waals surface area contributed by atoms with Gasteiger partial charge in [-0.1, -0.05) is 6.07 Å². The van der Waals surface area contributed by atoms with E-state index in [-0.39, 0.29) is 11.5 Å². The molecule has 38 heavy (non-hydrogen) atoms. The molecule has 3 fully saturated rings. The normalized spacial score (nSPS) is 41.3. The summed E-state index contributed by atoms with van der Waals surface area (Å²) in [6.07, 6.45) is -4.38. The molecule has 1 saturated carbocycles. The van der Waals surface area contributed by atoms with Gasteiger partial charge in [0.1, 0.15) is 42.2 Å². The smallest absolute Gasteiger partial charge is 0.331 e. The lowest BCUT2D eigenvalue weighted by molar-refractivity contribution is -0.344. The Labute approximate surface area is 217 Å². The van der Waals surface area contributed by atoms with E-state index in [4.69, 9.17) is 28.4 Å². The standard InChI is InChI=1S/C25H30O13/c1-33-14-8-11(2-4-13(14)28)3-5-16(29)36-21-12-6-7-34-23(17(12)25(10-27)22(21)38-25)37-24-20(32)19(31)18(30)15(9-26)35-24/h2-8,12,15,17-24,26-28,30-32H,9-10H2,1H3/b5-3+/t12-,15+,17-,18+,19-,20+,21-,22+,23+,24+,25-/m1/s1. The molecule has 11 atom stereocenters. The fourth-order valence-corrected chi connectivity index (χ4v) is 5.42. The summed E-state index contributed by atoms with van der Waals surface area (Å²) in [5.41, 5.74) is -0.556. The van der Waals surface area contributed by atoms with Crippen molar-refractivity contribution in [2.75, 3.05) is 20.3 Å². The summed E-state index contributed by atoms with van der Waals surface area (Å²) in [6, 6.07) is 4.57. The molecule has 13 nitrogen and oxygen atoms in total. The summed E-state index contributed by atoms with van der Waals surface area (Å²) in [4.78, 5) is 12.7. The summed E-state index contributed by atoms with van der Waals surface area (Å²) in [5, 5.41) is 59.8. The lowest BCUT2D eigenvalue weighted by atomic mass is 9.85. The maximum absolute atomic E-state index is 12.7. The number of hydrogen-bond acceptors (Lipinski definition) is 13. The molecule has 13 heteroatoms. The van der Waals surface area contributed by atoms with E-state index in [0.29, 0.717) is 5.56 Å². The molecule has 1 aliphatic carbocycles. The number of epoxide rings is 1. The second-order valence-corrected chi connectivity index (χ2v) is 9.59. The van der Waals surface area contributed by atoms with Crippen LogP contribution in [-0.4, -0.2) is 112 Å². The second kappa shape index (κ2) is 10.4.